The van der Waals surface area contributed by atoms with Crippen LogP contribution in [-0.4, -0.2) is 53.0 Å². The van der Waals surface area contributed by atoms with Crippen LogP contribution in [0.4, 0.5) is 20.4 Å². The smallest absolute Gasteiger partial charge is 0.271 e. The quantitative estimate of drug-likeness (QED) is 0.481. The van der Waals surface area contributed by atoms with Gasteiger partial charge in [0.05, 0.1) is 11.2 Å². The molecule has 2 aliphatic rings. The van der Waals surface area contributed by atoms with E-state index in [1.165, 1.54) is 11.8 Å². The zero-order valence-corrected chi connectivity index (χ0v) is 20.4. The maximum atomic E-state index is 14.4. The summed E-state index contributed by atoms with van der Waals surface area (Å²) in [6.07, 6.45) is 3.13. The van der Waals surface area contributed by atoms with Gasteiger partial charge in [-0.3, -0.25) is 9.69 Å². The molecule has 0 atom stereocenters. The summed E-state index contributed by atoms with van der Waals surface area (Å²) in [5.41, 5.74) is 1.50. The van der Waals surface area contributed by atoms with E-state index in [-0.39, 0.29) is 34.8 Å². The number of carbonyl (C=O) groups excluding carboxylic acids is 1. The Hall–Kier alpha value is -3.30. The number of nitrogens with one attached hydrogen (secondary N) is 2. The largest absolute Gasteiger partial charge is 0.365 e. The predicted molar refractivity (Wildman–Crippen MR) is 135 cm³/mol. The number of hydrogen-bond acceptors (Lipinski definition) is 6. The van der Waals surface area contributed by atoms with Crippen molar-refractivity contribution in [1.29, 1.82) is 0 Å². The fourth-order valence-electron chi connectivity index (χ4n) is 4.64. The molecule has 2 N–H and O–H groups in total. The van der Waals surface area contributed by atoms with Gasteiger partial charge in [0.25, 0.3) is 5.91 Å². The van der Waals surface area contributed by atoms with Crippen molar-refractivity contribution in [2.24, 2.45) is 0 Å². The second-order valence-electron chi connectivity index (χ2n) is 9.11. The molecule has 0 aliphatic carbocycles. The molecule has 36 heavy (non-hydrogen) atoms. The normalized spacial score (nSPS) is 16.4. The number of piperidine rings is 1. The van der Waals surface area contributed by atoms with Crippen LogP contribution in [0.2, 0.25) is 5.02 Å². The maximum Gasteiger partial charge on any atom is 0.271 e. The van der Waals surface area contributed by atoms with E-state index < -0.39 is 11.6 Å². The van der Waals surface area contributed by atoms with Crippen LogP contribution in [0.15, 0.2) is 48.7 Å². The van der Waals surface area contributed by atoms with E-state index in [9.17, 15) is 13.6 Å². The third kappa shape index (κ3) is 5.42. The van der Waals surface area contributed by atoms with E-state index in [1.807, 2.05) is 18.2 Å². The van der Waals surface area contributed by atoms with Crippen molar-refractivity contribution in [2.75, 3.05) is 36.4 Å². The second-order valence-corrected chi connectivity index (χ2v) is 9.48. The molecule has 2 aliphatic heterocycles. The number of aromatic nitrogens is 2. The molecule has 0 saturated carbocycles. The topological polar surface area (TPSA) is 73.4 Å². The lowest BCUT2D eigenvalue weighted by molar-refractivity contribution is 0.0903. The molecule has 1 fully saturated rings. The molecular weight excluding hydrogens is 486 g/mol. The van der Waals surface area contributed by atoms with Gasteiger partial charge in [-0.1, -0.05) is 41.9 Å². The van der Waals surface area contributed by atoms with Gasteiger partial charge in [0.2, 0.25) is 0 Å². The van der Waals surface area contributed by atoms with Crippen molar-refractivity contribution in [3.8, 4) is 0 Å². The fraction of sp³-hybridized carbons (Fsp3) is 0.346. The van der Waals surface area contributed by atoms with Crippen LogP contribution in [0.5, 0.6) is 0 Å². The van der Waals surface area contributed by atoms with E-state index in [0.717, 1.165) is 44.6 Å². The van der Waals surface area contributed by atoms with E-state index in [0.29, 0.717) is 24.7 Å². The molecule has 0 spiro atoms. The van der Waals surface area contributed by atoms with E-state index in [1.54, 1.807) is 4.90 Å². The van der Waals surface area contributed by atoms with Crippen molar-refractivity contribution in [1.82, 2.24) is 20.2 Å². The van der Waals surface area contributed by atoms with Gasteiger partial charge < -0.3 is 15.5 Å². The van der Waals surface area contributed by atoms with E-state index in [4.69, 9.17) is 11.6 Å². The summed E-state index contributed by atoms with van der Waals surface area (Å²) in [5.74, 6) is -0.682. The van der Waals surface area contributed by atoms with Gasteiger partial charge in [-0.2, -0.15) is 0 Å². The van der Waals surface area contributed by atoms with Crippen LogP contribution in [0, 0.1) is 11.6 Å². The highest BCUT2D eigenvalue weighted by Crippen LogP contribution is 2.30. The first-order chi connectivity index (χ1) is 17.5. The lowest BCUT2D eigenvalue weighted by Crippen LogP contribution is -2.44. The fourth-order valence-corrected chi connectivity index (χ4v) is 4.86. The molecule has 1 saturated heterocycles. The van der Waals surface area contributed by atoms with Crippen LogP contribution in [0.1, 0.15) is 34.5 Å². The molecule has 3 aromatic rings. The molecule has 5 rings (SSSR count). The third-order valence-electron chi connectivity index (χ3n) is 6.62. The molecule has 1 aromatic heterocycles. The standard InChI is InChI=1S/C26H27ClF2N6O/c27-23-19(20(28)6-7-21(23)29)16-35-13-10-30-24-25(35)33-22(14-31-24)26(36)32-18-8-11-34(12-9-18)15-17-4-2-1-3-5-17/h1-7,14,18H,8-13,15-16H2,(H,30,31)(H,32,36). The molecule has 7 nitrogen and oxygen atoms in total. The monoisotopic (exact) mass is 512 g/mol. The third-order valence-corrected chi connectivity index (χ3v) is 7.03. The second kappa shape index (κ2) is 10.8. The summed E-state index contributed by atoms with van der Waals surface area (Å²) in [5, 5.41) is 5.96. The number of fused-ring (bicyclic) bond motifs is 1. The van der Waals surface area contributed by atoms with Gasteiger partial charge in [0.1, 0.15) is 17.3 Å². The Balaban J connectivity index is 1.24. The minimum Gasteiger partial charge on any atom is -0.365 e. The van der Waals surface area contributed by atoms with Crippen molar-refractivity contribution in [2.45, 2.75) is 32.0 Å². The summed E-state index contributed by atoms with van der Waals surface area (Å²) < 4.78 is 28.3. The van der Waals surface area contributed by atoms with Crippen LogP contribution in [0.25, 0.3) is 0 Å². The average molecular weight is 513 g/mol. The van der Waals surface area contributed by atoms with Crippen LogP contribution in [0.3, 0.4) is 0 Å². The van der Waals surface area contributed by atoms with Gasteiger partial charge in [-0.05, 0) is 30.5 Å². The van der Waals surface area contributed by atoms with Crippen LogP contribution in [-0.2, 0) is 13.1 Å². The molecule has 3 heterocycles. The maximum absolute atomic E-state index is 14.4. The Labute approximate surface area is 213 Å². The molecule has 0 unspecified atom stereocenters. The molecule has 10 heteroatoms. The van der Waals surface area contributed by atoms with Gasteiger partial charge in [0.15, 0.2) is 11.6 Å². The van der Waals surface area contributed by atoms with Crippen LogP contribution < -0.4 is 15.5 Å². The lowest BCUT2D eigenvalue weighted by atomic mass is 10.0. The highest BCUT2D eigenvalue weighted by atomic mass is 35.5. The van der Waals surface area contributed by atoms with Gasteiger partial charge in [-0.15, -0.1) is 0 Å². The van der Waals surface area contributed by atoms with Crippen LogP contribution >= 0.6 is 11.6 Å². The minimum atomic E-state index is -0.683. The number of amides is 1. The Morgan fingerprint density at radius 1 is 1.06 bits per heavy atom. The predicted octanol–water partition coefficient (Wildman–Crippen LogP) is 4.23. The van der Waals surface area contributed by atoms with Crippen molar-refractivity contribution in [3.05, 3.63) is 82.1 Å². The van der Waals surface area contributed by atoms with Crippen molar-refractivity contribution >= 4 is 29.1 Å². The van der Waals surface area contributed by atoms with Crippen molar-refractivity contribution in [3.63, 3.8) is 0 Å². The Bertz CT molecular complexity index is 1240. The summed E-state index contributed by atoms with van der Waals surface area (Å²) >= 11 is 6.03. The molecule has 0 bridgehead atoms. The molecule has 1 amide bonds. The summed E-state index contributed by atoms with van der Waals surface area (Å²) in [6, 6.07) is 12.5. The first-order valence-electron chi connectivity index (χ1n) is 12.0. The zero-order valence-electron chi connectivity index (χ0n) is 19.7. The zero-order chi connectivity index (χ0) is 25.1. The molecular formula is C26H27ClF2N6O. The SMILES string of the molecule is O=C(NC1CCN(Cc2ccccc2)CC1)c1cnc2c(n1)N(Cc1c(F)ccc(F)c1Cl)CCN2. The average Bonchev–Trinajstić information content (AvgIpc) is 2.90. The minimum absolute atomic E-state index is 0.0106. The highest BCUT2D eigenvalue weighted by molar-refractivity contribution is 6.31. The van der Waals surface area contributed by atoms with Gasteiger partial charge >= 0.3 is 0 Å². The molecule has 0 radical (unpaired) electrons. The number of hydrogen-bond donors (Lipinski definition) is 2. The number of benzene rings is 2. The number of halogens is 3. The number of rotatable bonds is 6. The first kappa shape index (κ1) is 24.4. The number of likely N-dealkylation sites (tertiary alicyclic amines) is 1. The van der Waals surface area contributed by atoms with Crippen molar-refractivity contribution < 1.29 is 13.6 Å². The summed E-state index contributed by atoms with van der Waals surface area (Å²) in [4.78, 5) is 26.0. The van der Waals surface area contributed by atoms with E-state index in [2.05, 4.69) is 37.6 Å². The summed E-state index contributed by atoms with van der Waals surface area (Å²) in [6.45, 7) is 3.72. The highest BCUT2D eigenvalue weighted by Gasteiger charge is 2.26. The first-order valence-corrected chi connectivity index (χ1v) is 12.4. The van der Waals surface area contributed by atoms with Gasteiger partial charge in [-0.25, -0.2) is 18.7 Å². The Morgan fingerprint density at radius 3 is 2.58 bits per heavy atom. The summed E-state index contributed by atoms with van der Waals surface area (Å²) in [7, 11) is 0. The number of anilines is 2. The lowest BCUT2D eigenvalue weighted by Gasteiger charge is -2.32. The number of nitrogens with zero attached hydrogens (tertiary/aromatic N) is 4. The van der Waals surface area contributed by atoms with Gasteiger partial charge in [0, 0.05) is 50.9 Å². The van der Waals surface area contributed by atoms with E-state index >= 15 is 0 Å². The molecule has 2 aromatic carbocycles. The number of carbonyl (C=O) groups is 1. The molecule has 188 valence electrons. The Morgan fingerprint density at radius 2 is 1.81 bits per heavy atom. The Kier molecular flexibility index (Phi) is 7.29.